The van der Waals surface area contributed by atoms with Crippen LogP contribution in [-0.2, 0) is 4.79 Å². The lowest BCUT2D eigenvalue weighted by molar-refractivity contribution is -0.113. The first kappa shape index (κ1) is 16.5. The number of H-pyrrole nitrogens is 1. The van der Waals surface area contributed by atoms with Gasteiger partial charge in [0.15, 0.2) is 5.65 Å². The van der Waals surface area contributed by atoms with Crippen molar-refractivity contribution in [1.29, 1.82) is 0 Å². The third-order valence-corrected chi connectivity index (χ3v) is 4.87. The van der Waals surface area contributed by atoms with Crippen LogP contribution in [0.15, 0.2) is 47.6 Å². The summed E-state index contributed by atoms with van der Waals surface area (Å²) in [4.78, 5) is 20.0. The van der Waals surface area contributed by atoms with Gasteiger partial charge in [0.2, 0.25) is 11.1 Å². The van der Waals surface area contributed by atoms with Gasteiger partial charge in [-0.05, 0) is 37.6 Å². The highest BCUT2D eigenvalue weighted by Crippen LogP contribution is 2.27. The van der Waals surface area contributed by atoms with Crippen LogP contribution in [0.2, 0.25) is 0 Å². The van der Waals surface area contributed by atoms with Gasteiger partial charge in [0.25, 0.3) is 0 Å². The fourth-order valence-electron chi connectivity index (χ4n) is 2.93. The van der Waals surface area contributed by atoms with E-state index in [2.05, 4.69) is 51.5 Å². The summed E-state index contributed by atoms with van der Waals surface area (Å²) in [5.74, 6) is 0.123. The second-order valence-corrected chi connectivity index (χ2v) is 7.07. The first-order valence-electron chi connectivity index (χ1n) is 8.21. The van der Waals surface area contributed by atoms with Gasteiger partial charge >= 0.3 is 0 Å². The van der Waals surface area contributed by atoms with Crippen LogP contribution in [0.1, 0.15) is 11.1 Å². The molecule has 130 valence electrons. The number of hydrogen-bond acceptors (Lipinski definition) is 5. The Balaban J connectivity index is 1.55. The van der Waals surface area contributed by atoms with Gasteiger partial charge in [0.05, 0.1) is 11.3 Å². The topological polar surface area (TPSA) is 83.6 Å². The lowest BCUT2D eigenvalue weighted by Gasteiger charge is -2.04. The molecule has 0 atom stereocenters. The molecule has 2 aromatic carbocycles. The molecule has 0 saturated carbocycles. The monoisotopic (exact) mass is 363 g/mol. The number of anilines is 1. The molecule has 0 aliphatic carbocycles. The minimum atomic E-state index is -0.101. The van der Waals surface area contributed by atoms with E-state index in [4.69, 9.17) is 0 Å². The van der Waals surface area contributed by atoms with E-state index in [-0.39, 0.29) is 11.7 Å². The molecule has 0 radical (unpaired) electrons. The van der Waals surface area contributed by atoms with Crippen molar-refractivity contribution in [3.63, 3.8) is 0 Å². The molecule has 0 spiro atoms. The number of carbonyl (C=O) groups is 1. The fourth-order valence-corrected chi connectivity index (χ4v) is 3.52. The Kier molecular flexibility index (Phi) is 4.30. The minimum Gasteiger partial charge on any atom is -0.336 e. The molecule has 4 aromatic rings. The van der Waals surface area contributed by atoms with E-state index in [0.717, 1.165) is 27.7 Å². The summed E-state index contributed by atoms with van der Waals surface area (Å²) in [5.41, 5.74) is 5.56. The molecule has 0 saturated heterocycles. The number of nitrogens with zero attached hydrogens (tertiary/aromatic N) is 3. The maximum absolute atomic E-state index is 12.1. The highest BCUT2D eigenvalue weighted by atomic mass is 32.2. The van der Waals surface area contributed by atoms with E-state index in [1.54, 1.807) is 0 Å². The van der Waals surface area contributed by atoms with Gasteiger partial charge in [-0.1, -0.05) is 41.6 Å². The maximum atomic E-state index is 12.1. The molecule has 0 aliphatic rings. The molecular weight excluding hydrogens is 346 g/mol. The number of benzene rings is 2. The van der Waals surface area contributed by atoms with Gasteiger partial charge in [-0.25, -0.2) is 4.98 Å². The van der Waals surface area contributed by atoms with Crippen LogP contribution in [0, 0.1) is 13.8 Å². The van der Waals surface area contributed by atoms with E-state index < -0.39 is 0 Å². The summed E-state index contributed by atoms with van der Waals surface area (Å²) < 4.78 is 0. The molecule has 2 heterocycles. The molecule has 0 unspecified atom stereocenters. The largest absolute Gasteiger partial charge is 0.336 e. The number of aromatic nitrogens is 4. The molecule has 6 nitrogen and oxygen atoms in total. The highest BCUT2D eigenvalue weighted by molar-refractivity contribution is 7.99. The van der Waals surface area contributed by atoms with Crippen molar-refractivity contribution >= 4 is 45.4 Å². The Hall–Kier alpha value is -2.93. The van der Waals surface area contributed by atoms with Crippen molar-refractivity contribution in [2.24, 2.45) is 0 Å². The van der Waals surface area contributed by atoms with Crippen LogP contribution in [0.4, 0.5) is 5.69 Å². The Labute approximate surface area is 154 Å². The molecule has 0 fully saturated rings. The molecule has 0 bridgehead atoms. The fraction of sp³-hybridized carbons (Fsp3) is 0.158. The Bertz CT molecular complexity index is 1110. The van der Waals surface area contributed by atoms with Crippen LogP contribution in [0.25, 0.3) is 22.1 Å². The van der Waals surface area contributed by atoms with Crippen LogP contribution >= 0.6 is 11.8 Å². The Morgan fingerprint density at radius 3 is 2.77 bits per heavy atom. The van der Waals surface area contributed by atoms with E-state index in [1.165, 1.54) is 17.3 Å². The molecule has 7 heteroatoms. The third kappa shape index (κ3) is 3.25. The van der Waals surface area contributed by atoms with Crippen molar-refractivity contribution in [3.05, 3.63) is 53.6 Å². The zero-order chi connectivity index (χ0) is 18.1. The second-order valence-electron chi connectivity index (χ2n) is 6.12. The van der Waals surface area contributed by atoms with Crippen LogP contribution < -0.4 is 5.32 Å². The van der Waals surface area contributed by atoms with Crippen molar-refractivity contribution in [2.45, 2.75) is 19.0 Å². The summed E-state index contributed by atoms with van der Waals surface area (Å²) in [6.45, 7) is 4.12. The highest BCUT2D eigenvalue weighted by Gasteiger charge is 2.12. The predicted molar refractivity (Wildman–Crippen MR) is 104 cm³/mol. The minimum absolute atomic E-state index is 0.101. The maximum Gasteiger partial charge on any atom is 0.234 e. The summed E-state index contributed by atoms with van der Waals surface area (Å²) >= 11 is 1.27. The zero-order valence-corrected chi connectivity index (χ0v) is 15.2. The summed E-state index contributed by atoms with van der Waals surface area (Å²) in [7, 11) is 0. The Morgan fingerprint density at radius 1 is 1.15 bits per heavy atom. The number of fused-ring (bicyclic) bond motifs is 3. The Morgan fingerprint density at radius 2 is 1.96 bits per heavy atom. The van der Waals surface area contributed by atoms with Crippen molar-refractivity contribution in [1.82, 2.24) is 20.2 Å². The number of aryl methyl sites for hydroxylation is 2. The quantitative estimate of drug-likeness (QED) is 0.538. The second kappa shape index (κ2) is 6.76. The molecule has 2 aromatic heterocycles. The van der Waals surface area contributed by atoms with E-state index in [9.17, 15) is 4.79 Å². The molecule has 0 aliphatic heterocycles. The zero-order valence-electron chi connectivity index (χ0n) is 14.4. The van der Waals surface area contributed by atoms with Gasteiger partial charge < -0.3 is 10.3 Å². The summed E-state index contributed by atoms with van der Waals surface area (Å²) in [5, 5.41) is 12.7. The lowest BCUT2D eigenvalue weighted by atomic mass is 10.1. The SMILES string of the molecule is Cc1cc(C)c2[nH]c3nnc(SCC(=O)Nc4ccccc4)nc3c2c1. The number of hydrogen-bond donors (Lipinski definition) is 2. The number of thioether (sulfide) groups is 1. The average Bonchev–Trinajstić information content (AvgIpc) is 2.99. The predicted octanol–water partition coefficient (Wildman–Crippen LogP) is 3.85. The first-order chi connectivity index (χ1) is 12.6. The van der Waals surface area contributed by atoms with Crippen molar-refractivity contribution in [2.75, 3.05) is 11.1 Å². The number of carbonyl (C=O) groups excluding carboxylic acids is 1. The van der Waals surface area contributed by atoms with Gasteiger partial charge in [0.1, 0.15) is 5.52 Å². The number of aromatic amines is 1. The number of rotatable bonds is 4. The normalized spacial score (nSPS) is 11.2. The van der Waals surface area contributed by atoms with Gasteiger partial charge in [0, 0.05) is 11.1 Å². The number of nitrogens with one attached hydrogen (secondary N) is 2. The number of amides is 1. The summed E-state index contributed by atoms with van der Waals surface area (Å²) in [6.07, 6.45) is 0. The van der Waals surface area contributed by atoms with Gasteiger partial charge in [-0.3, -0.25) is 4.79 Å². The molecular formula is C19H17N5OS. The van der Waals surface area contributed by atoms with Gasteiger partial charge in [-0.2, -0.15) is 0 Å². The molecule has 1 amide bonds. The van der Waals surface area contributed by atoms with Crippen LogP contribution in [-0.4, -0.2) is 31.8 Å². The average molecular weight is 363 g/mol. The standard InChI is InChI=1S/C19H17N5OS/c1-11-8-12(2)16-14(9-11)17-18(21-16)23-24-19(22-17)26-10-15(25)20-13-6-4-3-5-7-13/h3-9H,10H2,1-2H3,(H,20,25)(H,21,23). The van der Waals surface area contributed by atoms with E-state index in [1.807, 2.05) is 30.3 Å². The van der Waals surface area contributed by atoms with Crippen LogP contribution in [0.5, 0.6) is 0 Å². The van der Waals surface area contributed by atoms with E-state index >= 15 is 0 Å². The summed E-state index contributed by atoms with van der Waals surface area (Å²) in [6, 6.07) is 13.6. The van der Waals surface area contributed by atoms with E-state index in [0.29, 0.717) is 10.8 Å². The molecule has 4 rings (SSSR count). The van der Waals surface area contributed by atoms with Crippen molar-refractivity contribution in [3.8, 4) is 0 Å². The van der Waals surface area contributed by atoms with Crippen molar-refractivity contribution < 1.29 is 4.79 Å². The third-order valence-electron chi connectivity index (χ3n) is 4.04. The lowest BCUT2D eigenvalue weighted by Crippen LogP contribution is -2.14. The molecule has 26 heavy (non-hydrogen) atoms. The smallest absolute Gasteiger partial charge is 0.234 e. The van der Waals surface area contributed by atoms with Gasteiger partial charge in [-0.15, -0.1) is 10.2 Å². The van der Waals surface area contributed by atoms with Crippen LogP contribution in [0.3, 0.4) is 0 Å². The number of para-hydroxylation sites is 1. The molecule has 2 N–H and O–H groups in total. The first-order valence-corrected chi connectivity index (χ1v) is 9.20.